The second-order valence-electron chi connectivity index (χ2n) is 4.98. The molecule has 0 amide bonds. The summed E-state index contributed by atoms with van der Waals surface area (Å²) in [6, 6.07) is 1.73. The predicted octanol–water partition coefficient (Wildman–Crippen LogP) is -0.193. The third-order valence-electron chi connectivity index (χ3n) is 3.71. The lowest BCUT2D eigenvalue weighted by atomic mass is 9.96. The molecule has 2 radical (unpaired) electrons. The number of aromatic nitrogens is 3. The maximum absolute atomic E-state index is 10.2. The van der Waals surface area contributed by atoms with Crippen LogP contribution in [-0.4, -0.2) is 50.9 Å². The third-order valence-corrected chi connectivity index (χ3v) is 3.88. The number of halogens is 1. The Morgan fingerprint density at radius 2 is 2.36 bits per heavy atom. The molecule has 0 spiro atoms. The van der Waals surface area contributed by atoms with Gasteiger partial charge in [-0.1, -0.05) is 5.92 Å². The molecule has 9 heteroatoms. The topological polar surface area (TPSA) is 106 Å². The highest BCUT2D eigenvalue weighted by Crippen LogP contribution is 2.38. The van der Waals surface area contributed by atoms with E-state index in [0.717, 1.165) is 0 Å². The Bertz CT molecular complexity index is 787. The lowest BCUT2D eigenvalue weighted by Gasteiger charge is -2.24. The molecule has 0 aromatic carbocycles. The van der Waals surface area contributed by atoms with E-state index in [9.17, 15) is 10.2 Å². The van der Waals surface area contributed by atoms with Gasteiger partial charge in [-0.05, 0) is 17.7 Å². The first-order valence-electron chi connectivity index (χ1n) is 6.50. The minimum Gasteiger partial charge on any atom is -0.392 e. The molecule has 22 heavy (non-hydrogen) atoms. The first-order chi connectivity index (χ1) is 10.5. The summed E-state index contributed by atoms with van der Waals surface area (Å²) in [5.41, 5.74) is 4.86. The zero-order valence-corrected chi connectivity index (χ0v) is 12.2. The van der Waals surface area contributed by atoms with Gasteiger partial charge in [-0.3, -0.25) is 0 Å². The van der Waals surface area contributed by atoms with Gasteiger partial charge in [0.2, 0.25) is 5.28 Å². The Morgan fingerprint density at radius 1 is 1.59 bits per heavy atom. The summed E-state index contributed by atoms with van der Waals surface area (Å²) in [6.07, 6.45) is 0.323. The first-order valence-corrected chi connectivity index (χ1v) is 6.87. The number of aliphatic hydroxyl groups is 2. The molecule has 0 unspecified atom stereocenters. The van der Waals surface area contributed by atoms with Crippen LogP contribution in [0.3, 0.4) is 0 Å². The number of ether oxygens (including phenoxy) is 1. The summed E-state index contributed by atoms with van der Waals surface area (Å²) in [5.74, 6) is 4.96. The first kappa shape index (κ1) is 15.1. The summed E-state index contributed by atoms with van der Waals surface area (Å²) in [6.45, 7) is -0.480. The van der Waals surface area contributed by atoms with Crippen LogP contribution in [0.15, 0.2) is 12.3 Å². The molecule has 1 aliphatic rings. The fraction of sp³-hybridized carbons (Fsp3) is 0.385. The van der Waals surface area contributed by atoms with Gasteiger partial charge < -0.3 is 25.3 Å². The van der Waals surface area contributed by atoms with E-state index >= 15 is 0 Å². The molecule has 0 saturated carbocycles. The molecule has 1 fully saturated rings. The zero-order valence-electron chi connectivity index (χ0n) is 11.4. The predicted molar refractivity (Wildman–Crippen MR) is 81.0 cm³/mol. The van der Waals surface area contributed by atoms with E-state index in [0.29, 0.717) is 11.0 Å². The van der Waals surface area contributed by atoms with Crippen molar-refractivity contribution in [1.82, 2.24) is 14.5 Å². The highest BCUT2D eigenvalue weighted by molar-refractivity contribution is 6.28. The maximum Gasteiger partial charge on any atom is 0.226 e. The van der Waals surface area contributed by atoms with E-state index in [-0.39, 0.29) is 17.5 Å². The Hall–Kier alpha value is -1.79. The average molecular weight is 319 g/mol. The second-order valence-corrected chi connectivity index (χ2v) is 5.32. The van der Waals surface area contributed by atoms with Gasteiger partial charge in [0.25, 0.3) is 0 Å². The molecule has 1 saturated heterocycles. The van der Waals surface area contributed by atoms with Gasteiger partial charge in [-0.2, -0.15) is 10.8 Å². The lowest BCUT2D eigenvalue weighted by molar-refractivity contribution is -0.0890. The van der Waals surface area contributed by atoms with Crippen LogP contribution in [0.4, 0.5) is 5.82 Å². The van der Waals surface area contributed by atoms with Crippen LogP contribution in [-0.2, 0) is 4.74 Å². The minimum atomic E-state index is -1.42. The van der Waals surface area contributed by atoms with E-state index in [2.05, 4.69) is 21.7 Å². The third kappa shape index (κ3) is 2.23. The molecular weight excluding hydrogens is 306 g/mol. The van der Waals surface area contributed by atoms with Crippen molar-refractivity contribution in [2.45, 2.75) is 24.4 Å². The highest BCUT2D eigenvalue weighted by atomic mass is 35.5. The molecule has 2 aromatic heterocycles. The molecular formula is C13H12BClN4O3. The smallest absolute Gasteiger partial charge is 0.226 e. The van der Waals surface area contributed by atoms with Gasteiger partial charge in [0, 0.05) is 12.6 Å². The number of nitrogen functional groups attached to an aromatic ring is 1. The van der Waals surface area contributed by atoms with Crippen molar-refractivity contribution in [3.8, 4) is 11.7 Å². The fourth-order valence-corrected chi connectivity index (χ4v) is 2.77. The summed E-state index contributed by atoms with van der Waals surface area (Å²) < 4.78 is 7.41. The van der Waals surface area contributed by atoms with Crippen LogP contribution < -0.4 is 5.73 Å². The van der Waals surface area contributed by atoms with Gasteiger partial charge >= 0.3 is 0 Å². The number of rotatable bonds is 2. The number of nitrogens with zero attached hydrogens (tertiary/aromatic N) is 3. The van der Waals surface area contributed by atoms with Crippen molar-refractivity contribution in [1.29, 1.82) is 0 Å². The molecule has 0 aliphatic carbocycles. The van der Waals surface area contributed by atoms with Crippen molar-refractivity contribution in [2.24, 2.45) is 0 Å². The summed E-state index contributed by atoms with van der Waals surface area (Å²) in [4.78, 5) is 8.02. The number of hydrogen-bond acceptors (Lipinski definition) is 6. The number of fused-ring (bicyclic) bond motifs is 1. The monoisotopic (exact) mass is 318 g/mol. The second kappa shape index (κ2) is 5.45. The Balaban J connectivity index is 2.04. The summed E-state index contributed by atoms with van der Waals surface area (Å²) in [7, 11) is 5.20. The molecule has 4 N–H and O–H groups in total. The zero-order chi connectivity index (χ0) is 15.9. The van der Waals surface area contributed by atoms with Crippen LogP contribution in [0.25, 0.3) is 11.0 Å². The van der Waals surface area contributed by atoms with Crippen molar-refractivity contribution >= 4 is 36.3 Å². The standard InChI is InChI=1S/C13H12BClN4O3/c14-3-2-13(6-20)8(21)5-9(22-13)19-4-1-7-10(16)17-12(15)18-11(7)19/h1,4,8-9,20-21H,5-6H2,(H2,16,17,18)/t8-,9+,13+/m0/s1. The van der Waals surface area contributed by atoms with Gasteiger partial charge in [0.1, 0.15) is 23.8 Å². The molecule has 1 aliphatic heterocycles. The fourth-order valence-electron chi connectivity index (χ4n) is 2.60. The van der Waals surface area contributed by atoms with Crippen LogP contribution in [0, 0.1) is 11.7 Å². The molecule has 112 valence electrons. The van der Waals surface area contributed by atoms with E-state index in [1.807, 2.05) is 0 Å². The quantitative estimate of drug-likeness (QED) is 0.402. The van der Waals surface area contributed by atoms with Crippen LogP contribution in [0.5, 0.6) is 0 Å². The van der Waals surface area contributed by atoms with Crippen LogP contribution in [0.2, 0.25) is 5.28 Å². The van der Waals surface area contributed by atoms with E-state index < -0.39 is 24.5 Å². The van der Waals surface area contributed by atoms with Gasteiger partial charge in [-0.15, -0.1) is 0 Å². The number of aliphatic hydroxyl groups excluding tert-OH is 2. The SMILES string of the molecule is [B]C#C[C@]1(CO)O[C@@H](n2ccc3c(N)nc(Cl)nc32)C[C@@H]1O. The molecule has 7 nitrogen and oxygen atoms in total. The van der Waals surface area contributed by atoms with Gasteiger partial charge in [0.15, 0.2) is 13.4 Å². The maximum atomic E-state index is 10.2. The van der Waals surface area contributed by atoms with Gasteiger partial charge in [-0.25, -0.2) is 4.98 Å². The molecule has 3 rings (SSSR count). The van der Waals surface area contributed by atoms with Crippen LogP contribution in [0.1, 0.15) is 12.6 Å². The Labute approximate surface area is 132 Å². The summed E-state index contributed by atoms with van der Waals surface area (Å²) in [5, 5.41) is 20.3. The lowest BCUT2D eigenvalue weighted by Crippen LogP contribution is -2.41. The van der Waals surface area contributed by atoms with E-state index in [1.54, 1.807) is 16.8 Å². The Morgan fingerprint density at radius 3 is 3.05 bits per heavy atom. The van der Waals surface area contributed by atoms with Crippen molar-refractivity contribution in [3.63, 3.8) is 0 Å². The van der Waals surface area contributed by atoms with Gasteiger partial charge in [0.05, 0.1) is 12.0 Å². The average Bonchev–Trinajstić information content (AvgIpc) is 3.02. The van der Waals surface area contributed by atoms with Crippen molar-refractivity contribution in [2.75, 3.05) is 12.3 Å². The molecule has 3 atom stereocenters. The van der Waals surface area contributed by atoms with E-state index in [4.69, 9.17) is 29.9 Å². The molecule has 0 bridgehead atoms. The number of anilines is 1. The van der Waals surface area contributed by atoms with E-state index in [1.165, 1.54) is 0 Å². The largest absolute Gasteiger partial charge is 0.392 e. The highest BCUT2D eigenvalue weighted by Gasteiger charge is 2.47. The van der Waals surface area contributed by atoms with Crippen molar-refractivity contribution in [3.05, 3.63) is 17.5 Å². The van der Waals surface area contributed by atoms with Crippen molar-refractivity contribution < 1.29 is 14.9 Å². The number of hydrogen-bond donors (Lipinski definition) is 3. The minimum absolute atomic E-state index is 0.0127. The molecule has 2 aromatic rings. The van der Waals surface area contributed by atoms with Crippen LogP contribution >= 0.6 is 11.6 Å². The molecule has 3 heterocycles. The summed E-state index contributed by atoms with van der Waals surface area (Å²) >= 11 is 5.84. The Kier molecular flexibility index (Phi) is 3.74. The number of nitrogens with two attached hydrogens (primary N) is 1. The normalized spacial score (nSPS) is 27.8.